The number of thioether (sulfide) groups is 1. The molecule has 0 saturated carbocycles. The first-order valence-electron chi connectivity index (χ1n) is 7.90. The Bertz CT molecular complexity index is 860. The zero-order chi connectivity index (χ0) is 18.5. The minimum atomic E-state index is -0.358. The summed E-state index contributed by atoms with van der Waals surface area (Å²) in [5.74, 6) is -0.00826. The third-order valence-corrected chi connectivity index (χ3v) is 4.58. The molecule has 0 radical (unpaired) electrons. The summed E-state index contributed by atoms with van der Waals surface area (Å²) < 4.78 is 18.4. The minimum absolute atomic E-state index is 0.122. The third kappa shape index (κ3) is 4.21. The number of rotatable bonds is 6. The Labute approximate surface area is 155 Å². The second-order valence-corrected chi connectivity index (χ2v) is 6.56. The fourth-order valence-corrected chi connectivity index (χ4v) is 3.21. The van der Waals surface area contributed by atoms with E-state index in [1.165, 1.54) is 12.1 Å². The van der Waals surface area contributed by atoms with Gasteiger partial charge in [-0.05, 0) is 53.2 Å². The molecular weight excluding hydrogens is 353 g/mol. The lowest BCUT2D eigenvalue weighted by atomic mass is 10.2. The van der Waals surface area contributed by atoms with Crippen molar-refractivity contribution in [1.82, 2.24) is 4.90 Å². The summed E-state index contributed by atoms with van der Waals surface area (Å²) in [4.78, 5) is 26.2. The van der Waals surface area contributed by atoms with Crippen LogP contribution in [0.1, 0.15) is 11.1 Å². The molecule has 2 aromatic carbocycles. The monoisotopic (exact) mass is 369 g/mol. The van der Waals surface area contributed by atoms with E-state index >= 15 is 0 Å². The van der Waals surface area contributed by atoms with Crippen LogP contribution >= 0.6 is 11.8 Å². The summed E-state index contributed by atoms with van der Waals surface area (Å²) in [6, 6.07) is 12.9. The number of nitrogens with zero attached hydrogens (tertiary/aromatic N) is 1. The maximum atomic E-state index is 13.0. The molecule has 0 spiro atoms. The van der Waals surface area contributed by atoms with Crippen LogP contribution in [0.2, 0.25) is 0 Å². The molecule has 4 nitrogen and oxygen atoms in total. The van der Waals surface area contributed by atoms with Gasteiger partial charge in [0.2, 0.25) is 0 Å². The van der Waals surface area contributed by atoms with Crippen LogP contribution < -0.4 is 4.74 Å². The number of amides is 2. The molecule has 0 bridgehead atoms. The van der Waals surface area contributed by atoms with Crippen molar-refractivity contribution in [3.8, 4) is 5.75 Å². The average Bonchev–Trinajstić information content (AvgIpc) is 2.90. The highest BCUT2D eigenvalue weighted by atomic mass is 32.2. The number of carbonyl (C=O) groups excluding carboxylic acids is 2. The van der Waals surface area contributed by atoms with E-state index < -0.39 is 0 Å². The Morgan fingerprint density at radius 3 is 2.42 bits per heavy atom. The van der Waals surface area contributed by atoms with E-state index in [0.717, 1.165) is 22.2 Å². The molecule has 1 heterocycles. The van der Waals surface area contributed by atoms with Gasteiger partial charge in [-0.15, -0.1) is 0 Å². The molecule has 0 N–H and O–H groups in total. The van der Waals surface area contributed by atoms with Gasteiger partial charge in [-0.1, -0.05) is 36.9 Å². The van der Waals surface area contributed by atoms with Crippen molar-refractivity contribution in [2.24, 2.45) is 0 Å². The zero-order valence-electron chi connectivity index (χ0n) is 13.9. The van der Waals surface area contributed by atoms with E-state index in [4.69, 9.17) is 4.74 Å². The van der Waals surface area contributed by atoms with E-state index in [0.29, 0.717) is 22.8 Å². The van der Waals surface area contributed by atoms with Crippen molar-refractivity contribution < 1.29 is 18.7 Å². The predicted molar refractivity (Wildman–Crippen MR) is 100 cm³/mol. The summed E-state index contributed by atoms with van der Waals surface area (Å²) >= 11 is 0.897. The summed E-state index contributed by atoms with van der Waals surface area (Å²) in [5, 5.41) is -0.337. The first kappa shape index (κ1) is 17.9. The number of hydrogen-bond acceptors (Lipinski definition) is 4. The third-order valence-electron chi connectivity index (χ3n) is 3.67. The Balaban J connectivity index is 1.72. The summed E-state index contributed by atoms with van der Waals surface area (Å²) in [7, 11) is 0. The lowest BCUT2D eigenvalue weighted by Crippen LogP contribution is -2.27. The molecule has 132 valence electrons. The molecular formula is C20H16FNO3S. The van der Waals surface area contributed by atoms with Crippen LogP contribution in [0.4, 0.5) is 9.18 Å². The average molecular weight is 369 g/mol. The summed E-state index contributed by atoms with van der Waals surface area (Å²) in [6.07, 6.45) is 3.33. The van der Waals surface area contributed by atoms with E-state index in [1.807, 2.05) is 12.1 Å². The molecule has 2 amide bonds. The SMILES string of the molecule is C=CCOc1ccc(/C=C2/SC(=O)N(Cc3ccc(F)cc3)C2=O)cc1. The first-order chi connectivity index (χ1) is 12.6. The van der Waals surface area contributed by atoms with E-state index in [9.17, 15) is 14.0 Å². The van der Waals surface area contributed by atoms with Crippen LogP contribution in [-0.4, -0.2) is 22.7 Å². The molecule has 1 fully saturated rings. The molecule has 0 unspecified atom stereocenters. The van der Waals surface area contributed by atoms with Gasteiger partial charge in [0.15, 0.2) is 0 Å². The smallest absolute Gasteiger partial charge is 0.293 e. The summed E-state index contributed by atoms with van der Waals surface area (Å²) in [5.41, 5.74) is 1.49. The lowest BCUT2D eigenvalue weighted by Gasteiger charge is -2.12. The van der Waals surface area contributed by atoms with Gasteiger partial charge in [0, 0.05) is 0 Å². The maximum Gasteiger partial charge on any atom is 0.293 e. The van der Waals surface area contributed by atoms with Crippen molar-refractivity contribution in [2.75, 3.05) is 6.61 Å². The van der Waals surface area contributed by atoms with Crippen molar-refractivity contribution >= 4 is 29.0 Å². The van der Waals surface area contributed by atoms with E-state index in [2.05, 4.69) is 6.58 Å². The number of halogens is 1. The molecule has 1 saturated heterocycles. The van der Waals surface area contributed by atoms with Crippen LogP contribution in [-0.2, 0) is 11.3 Å². The van der Waals surface area contributed by atoms with Crippen molar-refractivity contribution in [2.45, 2.75) is 6.54 Å². The topological polar surface area (TPSA) is 46.6 Å². The molecule has 0 aromatic heterocycles. The molecule has 3 rings (SSSR count). The second-order valence-electron chi connectivity index (χ2n) is 5.56. The largest absolute Gasteiger partial charge is 0.490 e. The van der Waals surface area contributed by atoms with Crippen LogP contribution in [0.5, 0.6) is 5.75 Å². The van der Waals surface area contributed by atoms with Crippen LogP contribution in [0.3, 0.4) is 0 Å². The number of imide groups is 1. The van der Waals surface area contributed by atoms with Gasteiger partial charge in [0.05, 0.1) is 11.4 Å². The van der Waals surface area contributed by atoms with Gasteiger partial charge < -0.3 is 4.74 Å². The molecule has 26 heavy (non-hydrogen) atoms. The Morgan fingerprint density at radius 1 is 1.08 bits per heavy atom. The molecule has 2 aromatic rings. The standard InChI is InChI=1S/C20H16FNO3S/c1-2-11-25-17-9-5-14(6-10-17)12-18-19(23)22(20(24)26-18)13-15-3-7-16(21)8-4-15/h2-10,12H,1,11,13H2/b18-12+. The van der Waals surface area contributed by atoms with E-state index in [1.54, 1.807) is 36.4 Å². The number of hydrogen-bond donors (Lipinski definition) is 0. The molecule has 1 aliphatic heterocycles. The number of ether oxygens (including phenoxy) is 1. The highest BCUT2D eigenvalue weighted by Crippen LogP contribution is 2.33. The quantitative estimate of drug-likeness (QED) is 0.550. The predicted octanol–water partition coefficient (Wildman–Crippen LogP) is 4.63. The molecule has 1 aliphatic rings. The van der Waals surface area contributed by atoms with Crippen LogP contribution in [0.15, 0.2) is 66.1 Å². The van der Waals surface area contributed by atoms with Crippen molar-refractivity contribution in [3.05, 3.63) is 83.0 Å². The van der Waals surface area contributed by atoms with Gasteiger partial charge in [0.25, 0.3) is 11.1 Å². The second kappa shape index (κ2) is 8.01. The number of benzene rings is 2. The lowest BCUT2D eigenvalue weighted by molar-refractivity contribution is -0.123. The van der Waals surface area contributed by atoms with Gasteiger partial charge in [-0.3, -0.25) is 14.5 Å². The van der Waals surface area contributed by atoms with Crippen molar-refractivity contribution in [3.63, 3.8) is 0 Å². The van der Waals surface area contributed by atoms with Crippen LogP contribution in [0.25, 0.3) is 6.08 Å². The van der Waals surface area contributed by atoms with Crippen LogP contribution in [0, 0.1) is 5.82 Å². The molecule has 6 heteroatoms. The first-order valence-corrected chi connectivity index (χ1v) is 8.72. The normalized spacial score (nSPS) is 15.6. The summed E-state index contributed by atoms with van der Waals surface area (Å²) in [6.45, 7) is 4.13. The Kier molecular flexibility index (Phi) is 5.53. The van der Waals surface area contributed by atoms with Gasteiger partial charge >= 0.3 is 0 Å². The molecule has 0 aliphatic carbocycles. The Hall–Kier alpha value is -2.86. The van der Waals surface area contributed by atoms with Gasteiger partial charge in [-0.25, -0.2) is 4.39 Å². The minimum Gasteiger partial charge on any atom is -0.490 e. The van der Waals surface area contributed by atoms with E-state index in [-0.39, 0.29) is 23.5 Å². The fraction of sp³-hybridized carbons (Fsp3) is 0.100. The van der Waals surface area contributed by atoms with Crippen molar-refractivity contribution in [1.29, 1.82) is 0 Å². The van der Waals surface area contributed by atoms with Gasteiger partial charge in [-0.2, -0.15) is 0 Å². The maximum absolute atomic E-state index is 13.0. The highest BCUT2D eigenvalue weighted by molar-refractivity contribution is 8.18. The number of carbonyl (C=O) groups is 2. The highest BCUT2D eigenvalue weighted by Gasteiger charge is 2.34. The Morgan fingerprint density at radius 2 is 1.77 bits per heavy atom. The van der Waals surface area contributed by atoms with Gasteiger partial charge in [0.1, 0.15) is 18.2 Å². The molecule has 0 atom stereocenters. The fourth-order valence-electron chi connectivity index (χ4n) is 2.38. The zero-order valence-corrected chi connectivity index (χ0v) is 14.7.